The minimum absolute atomic E-state index is 0.223. The number of pyridine rings is 1. The van der Waals surface area contributed by atoms with Gasteiger partial charge in [-0.1, -0.05) is 11.6 Å². The Hall–Kier alpha value is -2.02. The highest BCUT2D eigenvalue weighted by atomic mass is 35.5. The fourth-order valence-electron chi connectivity index (χ4n) is 2.97. The van der Waals surface area contributed by atoms with Crippen LogP contribution >= 0.6 is 11.6 Å². The molecule has 2 heterocycles. The Bertz CT molecular complexity index is 821. The molecule has 1 aliphatic rings. The summed E-state index contributed by atoms with van der Waals surface area (Å²) < 4.78 is 37.9. The number of carbonyl (C=O) groups excluding carboxylic acids is 1. The Morgan fingerprint density at radius 2 is 1.96 bits per heavy atom. The predicted octanol–water partition coefficient (Wildman–Crippen LogP) is 3.94. The Morgan fingerprint density at radius 1 is 1.25 bits per heavy atom. The summed E-state index contributed by atoms with van der Waals surface area (Å²) in [4.78, 5) is 17.2. The van der Waals surface area contributed by atoms with Gasteiger partial charge >= 0.3 is 6.18 Å². The second-order valence-corrected chi connectivity index (χ2v) is 6.43. The molecule has 0 aliphatic heterocycles. The summed E-state index contributed by atoms with van der Waals surface area (Å²) in [7, 11) is 0. The minimum atomic E-state index is -4.56. The Morgan fingerprint density at radius 3 is 2.54 bits per heavy atom. The predicted molar refractivity (Wildman–Crippen MR) is 81.0 cm³/mol. The van der Waals surface area contributed by atoms with Crippen molar-refractivity contribution in [3.8, 4) is 0 Å². The average Bonchev–Trinajstić information content (AvgIpc) is 2.50. The summed E-state index contributed by atoms with van der Waals surface area (Å²) in [5.41, 5.74) is -0.119. The highest BCUT2D eigenvalue weighted by Crippen LogP contribution is 2.39. The van der Waals surface area contributed by atoms with Crippen LogP contribution in [-0.2, 0) is 18.0 Å². The van der Waals surface area contributed by atoms with Crippen LogP contribution in [0, 0.1) is 6.92 Å². The number of aryl methyl sites for hydroxylation is 2. The van der Waals surface area contributed by atoms with E-state index >= 15 is 0 Å². The van der Waals surface area contributed by atoms with E-state index in [9.17, 15) is 18.0 Å². The number of aromatic nitrogens is 3. The first-order valence-electron chi connectivity index (χ1n) is 7.25. The first-order valence-corrected chi connectivity index (χ1v) is 7.63. The standard InChI is InChI=1S/C16H13ClF3N3O/c1-8-7-12(17)21-9-5-6-15(2,14(24)13(8)9)10-3-4-11(23-22-10)16(18,19)20/h3-4,7H,5-6H2,1-2H3. The highest BCUT2D eigenvalue weighted by Gasteiger charge is 2.43. The molecule has 24 heavy (non-hydrogen) atoms. The van der Waals surface area contributed by atoms with Gasteiger partial charge < -0.3 is 0 Å². The SMILES string of the molecule is Cc1cc(Cl)nc2c1C(=O)C(C)(c1ccc(C(F)(F)F)nn1)CC2. The molecule has 0 amide bonds. The zero-order chi connectivity index (χ0) is 17.7. The van der Waals surface area contributed by atoms with E-state index in [0.29, 0.717) is 34.8 Å². The van der Waals surface area contributed by atoms with Crippen LogP contribution < -0.4 is 0 Å². The zero-order valence-electron chi connectivity index (χ0n) is 12.9. The molecule has 8 heteroatoms. The van der Waals surface area contributed by atoms with Crippen molar-refractivity contribution in [1.82, 2.24) is 15.2 Å². The first-order chi connectivity index (χ1) is 11.1. The lowest BCUT2D eigenvalue weighted by atomic mass is 9.70. The van der Waals surface area contributed by atoms with Gasteiger partial charge in [-0.15, -0.1) is 5.10 Å². The van der Waals surface area contributed by atoms with Crippen LogP contribution in [0.1, 0.15) is 46.3 Å². The molecule has 0 saturated carbocycles. The first kappa shape index (κ1) is 16.8. The Kier molecular flexibility index (Phi) is 3.86. The van der Waals surface area contributed by atoms with Crippen molar-refractivity contribution in [2.24, 2.45) is 0 Å². The Balaban J connectivity index is 2.04. The van der Waals surface area contributed by atoms with Crippen LogP contribution in [0.25, 0.3) is 0 Å². The molecule has 0 radical (unpaired) electrons. The summed E-state index contributed by atoms with van der Waals surface area (Å²) in [6.07, 6.45) is -3.69. The molecule has 0 fully saturated rings. The number of ketones is 1. The molecule has 0 saturated heterocycles. The molecule has 126 valence electrons. The summed E-state index contributed by atoms with van der Waals surface area (Å²) in [5.74, 6) is -0.223. The normalized spacial score (nSPS) is 20.8. The smallest absolute Gasteiger partial charge is 0.293 e. The molecule has 4 nitrogen and oxygen atoms in total. The van der Waals surface area contributed by atoms with E-state index in [1.54, 1.807) is 19.9 Å². The van der Waals surface area contributed by atoms with Gasteiger partial charge in [0.15, 0.2) is 11.5 Å². The van der Waals surface area contributed by atoms with Crippen LogP contribution in [0.5, 0.6) is 0 Å². The summed E-state index contributed by atoms with van der Waals surface area (Å²) in [5, 5.41) is 7.22. The molecule has 0 N–H and O–H groups in total. The van der Waals surface area contributed by atoms with E-state index in [0.717, 1.165) is 6.07 Å². The number of alkyl halides is 3. The molecule has 1 atom stereocenters. The molecule has 0 aromatic carbocycles. The molecular weight excluding hydrogens is 343 g/mol. The van der Waals surface area contributed by atoms with Gasteiger partial charge in [-0.05, 0) is 50.5 Å². The van der Waals surface area contributed by atoms with Crippen molar-refractivity contribution in [2.75, 3.05) is 0 Å². The molecule has 0 spiro atoms. The van der Waals surface area contributed by atoms with Crippen LogP contribution in [0.4, 0.5) is 13.2 Å². The quantitative estimate of drug-likeness (QED) is 0.727. The van der Waals surface area contributed by atoms with E-state index in [4.69, 9.17) is 11.6 Å². The summed E-state index contributed by atoms with van der Waals surface area (Å²) in [6.45, 7) is 3.43. The summed E-state index contributed by atoms with van der Waals surface area (Å²) >= 11 is 5.93. The maximum absolute atomic E-state index is 13.0. The van der Waals surface area contributed by atoms with E-state index in [1.165, 1.54) is 6.07 Å². The zero-order valence-corrected chi connectivity index (χ0v) is 13.7. The lowest BCUT2D eigenvalue weighted by Crippen LogP contribution is -2.39. The molecule has 2 aromatic rings. The minimum Gasteiger partial charge on any atom is -0.293 e. The number of halogens is 4. The van der Waals surface area contributed by atoms with Crippen molar-refractivity contribution >= 4 is 17.4 Å². The molecule has 1 unspecified atom stereocenters. The lowest BCUT2D eigenvalue weighted by Gasteiger charge is -2.32. The van der Waals surface area contributed by atoms with Crippen molar-refractivity contribution < 1.29 is 18.0 Å². The molecule has 3 rings (SSSR count). The van der Waals surface area contributed by atoms with Crippen molar-refractivity contribution in [2.45, 2.75) is 38.3 Å². The van der Waals surface area contributed by atoms with Gasteiger partial charge in [-0.3, -0.25) is 4.79 Å². The van der Waals surface area contributed by atoms with E-state index < -0.39 is 17.3 Å². The maximum atomic E-state index is 13.0. The van der Waals surface area contributed by atoms with Crippen molar-refractivity contribution in [1.29, 1.82) is 0 Å². The van der Waals surface area contributed by atoms with Crippen LogP contribution in [0.15, 0.2) is 18.2 Å². The largest absolute Gasteiger partial charge is 0.435 e. The highest BCUT2D eigenvalue weighted by molar-refractivity contribution is 6.29. The van der Waals surface area contributed by atoms with Crippen molar-refractivity contribution in [3.05, 3.63) is 51.6 Å². The third-order valence-electron chi connectivity index (χ3n) is 4.37. The van der Waals surface area contributed by atoms with E-state index in [2.05, 4.69) is 15.2 Å². The number of Topliss-reactive ketones (excluding diaryl/α,β-unsaturated/α-hetero) is 1. The molecule has 2 aromatic heterocycles. The molecular formula is C16H13ClF3N3O. The third kappa shape index (κ3) is 2.66. The molecule has 1 aliphatic carbocycles. The van der Waals surface area contributed by atoms with Gasteiger partial charge in [0.25, 0.3) is 0 Å². The number of rotatable bonds is 1. The van der Waals surface area contributed by atoms with Crippen LogP contribution in [-0.4, -0.2) is 21.0 Å². The van der Waals surface area contributed by atoms with Crippen LogP contribution in [0.3, 0.4) is 0 Å². The third-order valence-corrected chi connectivity index (χ3v) is 4.56. The van der Waals surface area contributed by atoms with Gasteiger partial charge in [0.1, 0.15) is 5.15 Å². The average molecular weight is 356 g/mol. The fourth-order valence-corrected chi connectivity index (χ4v) is 3.23. The van der Waals surface area contributed by atoms with Crippen LogP contribution in [0.2, 0.25) is 5.15 Å². The number of hydrogen-bond acceptors (Lipinski definition) is 4. The Labute approximate surface area is 141 Å². The van der Waals surface area contributed by atoms with Gasteiger partial charge in [-0.2, -0.15) is 18.3 Å². The summed E-state index contributed by atoms with van der Waals surface area (Å²) in [6, 6.07) is 3.67. The number of carbonyl (C=O) groups is 1. The van der Waals surface area contributed by atoms with Gasteiger partial charge in [0, 0.05) is 5.56 Å². The monoisotopic (exact) mass is 355 g/mol. The van der Waals surface area contributed by atoms with Gasteiger partial charge in [-0.25, -0.2) is 4.98 Å². The fraction of sp³-hybridized carbons (Fsp3) is 0.375. The van der Waals surface area contributed by atoms with Gasteiger partial charge in [0.2, 0.25) is 0 Å². The second kappa shape index (κ2) is 5.51. The van der Waals surface area contributed by atoms with E-state index in [1.807, 2.05) is 0 Å². The number of hydrogen-bond donors (Lipinski definition) is 0. The van der Waals surface area contributed by atoms with Crippen molar-refractivity contribution in [3.63, 3.8) is 0 Å². The lowest BCUT2D eigenvalue weighted by molar-refractivity contribution is -0.141. The second-order valence-electron chi connectivity index (χ2n) is 6.05. The topological polar surface area (TPSA) is 55.7 Å². The number of fused-ring (bicyclic) bond motifs is 1. The maximum Gasteiger partial charge on any atom is 0.435 e. The number of nitrogens with zero attached hydrogens (tertiary/aromatic N) is 3. The van der Waals surface area contributed by atoms with E-state index in [-0.39, 0.29) is 11.5 Å². The van der Waals surface area contributed by atoms with Gasteiger partial charge in [0.05, 0.1) is 16.8 Å². The molecule has 0 bridgehead atoms.